The standard InChI is InChI=1S/C24H18BrClN2O3/c1-30-23-10-8-19(26)13-21(23)28-24(29)18(14-27)11-17-7-9-22(20(25)12-17)31-15-16-5-3-2-4-6-16/h2-13H,15H2,1H3,(H,28,29)/b18-11+. The van der Waals surface area contributed by atoms with E-state index < -0.39 is 5.91 Å². The summed E-state index contributed by atoms with van der Waals surface area (Å²) in [6.45, 7) is 0.432. The quantitative estimate of drug-likeness (QED) is 0.310. The van der Waals surface area contributed by atoms with E-state index in [2.05, 4.69) is 21.2 Å². The van der Waals surface area contributed by atoms with Crippen LogP contribution in [0.5, 0.6) is 11.5 Å². The van der Waals surface area contributed by atoms with Gasteiger partial charge in [-0.15, -0.1) is 0 Å². The van der Waals surface area contributed by atoms with E-state index in [0.29, 0.717) is 38.9 Å². The average molecular weight is 498 g/mol. The zero-order valence-corrected chi connectivity index (χ0v) is 18.9. The highest BCUT2D eigenvalue weighted by molar-refractivity contribution is 9.10. The molecule has 0 spiro atoms. The third-order valence-electron chi connectivity index (χ3n) is 4.28. The summed E-state index contributed by atoms with van der Waals surface area (Å²) in [5.74, 6) is 0.536. The number of rotatable bonds is 7. The molecule has 0 fully saturated rings. The Bertz CT molecular complexity index is 1160. The number of halogens is 2. The van der Waals surface area contributed by atoms with Crippen LogP contribution in [0.1, 0.15) is 11.1 Å². The molecule has 3 rings (SSSR count). The fraction of sp³-hybridized carbons (Fsp3) is 0.0833. The Morgan fingerprint density at radius 2 is 1.87 bits per heavy atom. The monoisotopic (exact) mass is 496 g/mol. The van der Waals surface area contributed by atoms with Gasteiger partial charge in [0.05, 0.1) is 17.3 Å². The van der Waals surface area contributed by atoms with Gasteiger partial charge in [-0.25, -0.2) is 0 Å². The largest absolute Gasteiger partial charge is 0.495 e. The van der Waals surface area contributed by atoms with Gasteiger partial charge in [0.15, 0.2) is 0 Å². The van der Waals surface area contributed by atoms with Crippen LogP contribution >= 0.6 is 27.5 Å². The molecule has 0 saturated carbocycles. The summed E-state index contributed by atoms with van der Waals surface area (Å²) in [4.78, 5) is 12.6. The molecule has 7 heteroatoms. The summed E-state index contributed by atoms with van der Waals surface area (Å²) < 4.78 is 11.8. The number of methoxy groups -OCH3 is 1. The number of nitrogens with one attached hydrogen (secondary N) is 1. The molecule has 5 nitrogen and oxygen atoms in total. The van der Waals surface area contributed by atoms with E-state index in [9.17, 15) is 10.1 Å². The molecule has 0 aliphatic heterocycles. The highest BCUT2D eigenvalue weighted by atomic mass is 79.9. The number of benzene rings is 3. The minimum absolute atomic E-state index is 0.0631. The van der Waals surface area contributed by atoms with Crippen molar-refractivity contribution in [1.82, 2.24) is 0 Å². The van der Waals surface area contributed by atoms with Gasteiger partial charge in [0, 0.05) is 5.02 Å². The van der Waals surface area contributed by atoms with Crippen molar-refractivity contribution in [2.45, 2.75) is 6.61 Å². The van der Waals surface area contributed by atoms with Crippen molar-refractivity contribution in [2.75, 3.05) is 12.4 Å². The van der Waals surface area contributed by atoms with Crippen LogP contribution in [0.25, 0.3) is 6.08 Å². The Kier molecular flexibility index (Phi) is 7.71. The topological polar surface area (TPSA) is 71.3 Å². The Labute approximate surface area is 194 Å². The summed E-state index contributed by atoms with van der Waals surface area (Å²) in [5.41, 5.74) is 2.04. The Morgan fingerprint density at radius 1 is 1.13 bits per heavy atom. The number of carbonyl (C=O) groups is 1. The maximum Gasteiger partial charge on any atom is 0.266 e. The van der Waals surface area contributed by atoms with Gasteiger partial charge < -0.3 is 14.8 Å². The molecule has 3 aromatic carbocycles. The average Bonchev–Trinajstić information content (AvgIpc) is 2.77. The van der Waals surface area contributed by atoms with Gasteiger partial charge in [-0.05, 0) is 63.5 Å². The molecule has 3 aromatic rings. The van der Waals surface area contributed by atoms with E-state index in [1.165, 1.54) is 13.2 Å². The molecule has 1 N–H and O–H groups in total. The lowest BCUT2D eigenvalue weighted by molar-refractivity contribution is -0.112. The van der Waals surface area contributed by atoms with Crippen LogP contribution in [0.4, 0.5) is 5.69 Å². The fourth-order valence-electron chi connectivity index (χ4n) is 2.74. The summed E-state index contributed by atoms with van der Waals surface area (Å²) in [5, 5.41) is 12.6. The van der Waals surface area contributed by atoms with Crippen molar-refractivity contribution in [3.05, 3.63) is 92.9 Å². The molecule has 0 aliphatic rings. The normalized spacial score (nSPS) is 10.8. The number of carbonyl (C=O) groups excluding carboxylic acids is 1. The molecule has 0 unspecified atom stereocenters. The van der Waals surface area contributed by atoms with Crippen LogP contribution in [0, 0.1) is 11.3 Å². The third kappa shape index (κ3) is 6.11. The first-order valence-corrected chi connectivity index (χ1v) is 10.4. The zero-order chi connectivity index (χ0) is 22.2. The predicted molar refractivity (Wildman–Crippen MR) is 125 cm³/mol. The Balaban J connectivity index is 1.74. The lowest BCUT2D eigenvalue weighted by atomic mass is 10.1. The number of hydrogen-bond acceptors (Lipinski definition) is 4. The van der Waals surface area contributed by atoms with Crippen LogP contribution in [0.3, 0.4) is 0 Å². The maximum atomic E-state index is 12.6. The van der Waals surface area contributed by atoms with E-state index in [4.69, 9.17) is 21.1 Å². The number of anilines is 1. The molecule has 1 amide bonds. The molecular weight excluding hydrogens is 480 g/mol. The van der Waals surface area contributed by atoms with E-state index in [0.717, 1.165) is 5.56 Å². The Hall–Kier alpha value is -3.27. The van der Waals surface area contributed by atoms with Gasteiger partial charge in [-0.3, -0.25) is 4.79 Å². The van der Waals surface area contributed by atoms with Crippen molar-refractivity contribution in [2.24, 2.45) is 0 Å². The first-order valence-electron chi connectivity index (χ1n) is 9.23. The lowest BCUT2D eigenvalue weighted by Gasteiger charge is -2.11. The third-order valence-corrected chi connectivity index (χ3v) is 5.13. The lowest BCUT2D eigenvalue weighted by Crippen LogP contribution is -2.14. The highest BCUT2D eigenvalue weighted by Crippen LogP contribution is 2.29. The molecule has 0 saturated heterocycles. The predicted octanol–water partition coefficient (Wildman–Crippen LogP) is 6.24. The van der Waals surface area contributed by atoms with Crippen LogP contribution < -0.4 is 14.8 Å². The van der Waals surface area contributed by atoms with E-state index in [-0.39, 0.29) is 5.57 Å². The minimum atomic E-state index is -0.566. The van der Waals surface area contributed by atoms with Crippen molar-refractivity contribution in [3.8, 4) is 17.6 Å². The second kappa shape index (κ2) is 10.7. The van der Waals surface area contributed by atoms with Gasteiger partial charge in [0.25, 0.3) is 5.91 Å². The summed E-state index contributed by atoms with van der Waals surface area (Å²) in [7, 11) is 1.49. The van der Waals surface area contributed by atoms with Crippen LogP contribution in [-0.2, 0) is 11.4 Å². The molecule has 0 atom stereocenters. The van der Waals surface area contributed by atoms with E-state index in [1.54, 1.807) is 36.4 Å². The maximum absolute atomic E-state index is 12.6. The molecule has 0 aromatic heterocycles. The highest BCUT2D eigenvalue weighted by Gasteiger charge is 2.13. The van der Waals surface area contributed by atoms with E-state index >= 15 is 0 Å². The molecule has 0 radical (unpaired) electrons. The van der Waals surface area contributed by atoms with Crippen molar-refractivity contribution >= 4 is 45.2 Å². The number of ether oxygens (including phenoxy) is 2. The number of nitrogens with zero attached hydrogens (tertiary/aromatic N) is 1. The fourth-order valence-corrected chi connectivity index (χ4v) is 3.43. The van der Waals surface area contributed by atoms with Crippen LogP contribution in [-0.4, -0.2) is 13.0 Å². The summed E-state index contributed by atoms with van der Waals surface area (Å²) >= 11 is 9.48. The molecule has 0 heterocycles. The molecule has 0 bridgehead atoms. The van der Waals surface area contributed by atoms with Gasteiger partial charge in [-0.1, -0.05) is 48.0 Å². The number of nitriles is 1. The molecule has 31 heavy (non-hydrogen) atoms. The van der Waals surface area contributed by atoms with Crippen LogP contribution in [0.15, 0.2) is 76.8 Å². The van der Waals surface area contributed by atoms with Crippen LogP contribution in [0.2, 0.25) is 5.02 Å². The van der Waals surface area contributed by atoms with Gasteiger partial charge in [0.2, 0.25) is 0 Å². The van der Waals surface area contributed by atoms with Gasteiger partial charge >= 0.3 is 0 Å². The van der Waals surface area contributed by atoms with Gasteiger partial charge in [-0.2, -0.15) is 5.26 Å². The smallest absolute Gasteiger partial charge is 0.266 e. The van der Waals surface area contributed by atoms with E-state index in [1.807, 2.05) is 36.4 Å². The first kappa shape index (κ1) is 22.4. The second-order valence-electron chi connectivity index (χ2n) is 6.43. The molecular formula is C24H18BrClN2O3. The van der Waals surface area contributed by atoms with Crippen molar-refractivity contribution in [1.29, 1.82) is 5.26 Å². The zero-order valence-electron chi connectivity index (χ0n) is 16.6. The number of hydrogen-bond donors (Lipinski definition) is 1. The van der Waals surface area contributed by atoms with Crippen molar-refractivity contribution in [3.63, 3.8) is 0 Å². The molecule has 0 aliphatic carbocycles. The SMILES string of the molecule is COc1ccc(Cl)cc1NC(=O)/C(C#N)=C/c1ccc(OCc2ccccc2)c(Br)c1. The summed E-state index contributed by atoms with van der Waals surface area (Å²) in [6.07, 6.45) is 1.50. The second-order valence-corrected chi connectivity index (χ2v) is 7.72. The summed E-state index contributed by atoms with van der Waals surface area (Å²) in [6, 6.07) is 21.9. The number of amides is 1. The first-order chi connectivity index (χ1) is 15.0. The molecule has 156 valence electrons. The van der Waals surface area contributed by atoms with Gasteiger partial charge in [0.1, 0.15) is 29.7 Å². The Morgan fingerprint density at radius 3 is 2.55 bits per heavy atom. The van der Waals surface area contributed by atoms with Crippen molar-refractivity contribution < 1.29 is 14.3 Å². The minimum Gasteiger partial charge on any atom is -0.495 e.